The summed E-state index contributed by atoms with van der Waals surface area (Å²) in [6, 6.07) is 11.8. The molecule has 6 nitrogen and oxygen atoms in total. The number of carbonyl (C=O) groups excluding carboxylic acids is 2. The van der Waals surface area contributed by atoms with Crippen molar-refractivity contribution < 1.29 is 23.8 Å². The van der Waals surface area contributed by atoms with E-state index in [1.54, 1.807) is 13.0 Å². The normalized spacial score (nSPS) is 13.6. The Kier molecular flexibility index (Phi) is 9.57. The predicted octanol–water partition coefficient (Wildman–Crippen LogP) is 6.98. The zero-order valence-corrected chi connectivity index (χ0v) is 22.2. The molecule has 2 aromatic carbocycles. The lowest BCUT2D eigenvalue weighted by atomic mass is 9.84. The fourth-order valence-electron chi connectivity index (χ4n) is 4.49. The number of unbranched alkanes of at least 4 members (excludes halogenated alkanes) is 2. The number of rotatable bonds is 11. The number of hydrogen-bond donors (Lipinski definition) is 1. The standard InChI is InChI=1S/C30H39NO5/c1-6-8-9-11-22(23-12-10-13-26-29(23)36-20-35-26)19-27(32)31-25-18-21(15-17-28(33)34-7-2)14-16-24(25)30(3,4)5/h10,12-18,22H,6-9,11,19-20H2,1-5H3,(H,31,32)/b17-15+. The van der Waals surface area contributed by atoms with Crippen molar-refractivity contribution in [2.24, 2.45) is 0 Å². The molecule has 1 aliphatic rings. The molecule has 2 aromatic rings. The molecule has 0 aromatic heterocycles. The Hall–Kier alpha value is -3.28. The molecule has 1 amide bonds. The van der Waals surface area contributed by atoms with Gasteiger partial charge in [-0.15, -0.1) is 0 Å². The van der Waals surface area contributed by atoms with Gasteiger partial charge in [0.1, 0.15) is 0 Å². The molecule has 0 bridgehead atoms. The number of benzene rings is 2. The van der Waals surface area contributed by atoms with Gasteiger partial charge in [0, 0.05) is 23.7 Å². The number of anilines is 1. The van der Waals surface area contributed by atoms with Crippen LogP contribution >= 0.6 is 0 Å². The molecule has 0 fully saturated rings. The van der Waals surface area contributed by atoms with Crippen molar-refractivity contribution in [3.63, 3.8) is 0 Å². The minimum Gasteiger partial charge on any atom is -0.463 e. The molecule has 0 aliphatic carbocycles. The Labute approximate surface area is 215 Å². The number of fused-ring (bicyclic) bond motifs is 1. The van der Waals surface area contributed by atoms with Crippen molar-refractivity contribution in [2.75, 3.05) is 18.7 Å². The van der Waals surface area contributed by atoms with E-state index in [4.69, 9.17) is 14.2 Å². The fourth-order valence-corrected chi connectivity index (χ4v) is 4.49. The van der Waals surface area contributed by atoms with Crippen LogP contribution in [-0.2, 0) is 19.7 Å². The van der Waals surface area contributed by atoms with Crippen LogP contribution in [-0.4, -0.2) is 25.3 Å². The number of hydrogen-bond acceptors (Lipinski definition) is 5. The van der Waals surface area contributed by atoms with Crippen LogP contribution in [0.25, 0.3) is 6.08 Å². The fraction of sp³-hybridized carbons (Fsp3) is 0.467. The largest absolute Gasteiger partial charge is 0.463 e. The summed E-state index contributed by atoms with van der Waals surface area (Å²) in [5, 5.41) is 3.17. The molecule has 1 N–H and O–H groups in total. The Morgan fingerprint density at radius 2 is 1.92 bits per heavy atom. The second kappa shape index (κ2) is 12.6. The molecule has 1 aliphatic heterocycles. The summed E-state index contributed by atoms with van der Waals surface area (Å²) < 4.78 is 16.3. The van der Waals surface area contributed by atoms with Crippen LogP contribution in [0.4, 0.5) is 5.69 Å². The number of esters is 1. The highest BCUT2D eigenvalue weighted by molar-refractivity contribution is 5.93. The summed E-state index contributed by atoms with van der Waals surface area (Å²) in [6.45, 7) is 10.8. The second-order valence-corrected chi connectivity index (χ2v) is 10.2. The van der Waals surface area contributed by atoms with Crippen molar-refractivity contribution in [3.05, 3.63) is 59.2 Å². The molecule has 0 saturated carbocycles. The van der Waals surface area contributed by atoms with Crippen molar-refractivity contribution in [2.45, 2.75) is 78.1 Å². The van der Waals surface area contributed by atoms with E-state index in [2.05, 4.69) is 33.0 Å². The van der Waals surface area contributed by atoms with E-state index in [9.17, 15) is 9.59 Å². The average molecular weight is 494 g/mol. The molecule has 1 unspecified atom stereocenters. The van der Waals surface area contributed by atoms with Crippen LogP contribution in [0.1, 0.15) is 89.3 Å². The van der Waals surface area contributed by atoms with Gasteiger partial charge >= 0.3 is 5.97 Å². The van der Waals surface area contributed by atoms with Crippen LogP contribution in [0, 0.1) is 0 Å². The molecule has 0 radical (unpaired) electrons. The third-order valence-electron chi connectivity index (χ3n) is 6.28. The van der Waals surface area contributed by atoms with Gasteiger partial charge < -0.3 is 19.5 Å². The Bertz CT molecular complexity index is 1080. The second-order valence-electron chi connectivity index (χ2n) is 10.2. The first-order valence-electron chi connectivity index (χ1n) is 12.9. The third kappa shape index (κ3) is 7.36. The Morgan fingerprint density at radius 3 is 2.64 bits per heavy atom. The van der Waals surface area contributed by atoms with Crippen molar-refractivity contribution >= 4 is 23.6 Å². The van der Waals surface area contributed by atoms with Crippen molar-refractivity contribution in [1.29, 1.82) is 0 Å². The van der Waals surface area contributed by atoms with Crippen molar-refractivity contribution in [3.8, 4) is 11.5 Å². The summed E-state index contributed by atoms with van der Waals surface area (Å²) in [7, 11) is 0. The number of ether oxygens (including phenoxy) is 3. The van der Waals surface area contributed by atoms with Crippen LogP contribution < -0.4 is 14.8 Å². The molecule has 6 heteroatoms. The molecule has 1 heterocycles. The highest BCUT2D eigenvalue weighted by Crippen LogP contribution is 2.42. The number of amides is 1. The van der Waals surface area contributed by atoms with E-state index in [0.29, 0.717) is 13.0 Å². The average Bonchev–Trinajstić information content (AvgIpc) is 3.31. The molecule has 194 valence electrons. The number of carbonyl (C=O) groups is 2. The van der Waals surface area contributed by atoms with Crippen LogP contribution in [0.3, 0.4) is 0 Å². The molecule has 0 spiro atoms. The van der Waals surface area contributed by atoms with Gasteiger partial charge in [-0.05, 0) is 54.0 Å². The molecular weight excluding hydrogens is 454 g/mol. The SMILES string of the molecule is CCCCCC(CC(=O)Nc1cc(/C=C/C(=O)OCC)ccc1C(C)(C)C)c1cccc2c1OCO2. The smallest absolute Gasteiger partial charge is 0.330 e. The summed E-state index contributed by atoms with van der Waals surface area (Å²) >= 11 is 0. The summed E-state index contributed by atoms with van der Waals surface area (Å²) in [6.07, 6.45) is 7.63. The van der Waals surface area contributed by atoms with E-state index < -0.39 is 0 Å². The lowest BCUT2D eigenvalue weighted by Gasteiger charge is -2.24. The molecule has 3 rings (SSSR count). The van der Waals surface area contributed by atoms with E-state index in [-0.39, 0.29) is 30.0 Å². The first kappa shape index (κ1) is 27.3. The van der Waals surface area contributed by atoms with Gasteiger partial charge in [0.25, 0.3) is 0 Å². The van der Waals surface area contributed by atoms with E-state index in [1.807, 2.05) is 36.4 Å². The van der Waals surface area contributed by atoms with Gasteiger partial charge in [-0.25, -0.2) is 4.79 Å². The van der Waals surface area contributed by atoms with Crippen LogP contribution in [0.5, 0.6) is 11.5 Å². The minimum absolute atomic E-state index is 0.0261. The molecule has 36 heavy (non-hydrogen) atoms. The zero-order chi connectivity index (χ0) is 26.1. The highest BCUT2D eigenvalue weighted by atomic mass is 16.7. The number of nitrogens with one attached hydrogen (secondary N) is 1. The first-order chi connectivity index (χ1) is 17.2. The summed E-state index contributed by atoms with van der Waals surface area (Å²) in [5.74, 6) is 1.08. The maximum atomic E-state index is 13.4. The van der Waals surface area contributed by atoms with E-state index in [1.165, 1.54) is 6.08 Å². The van der Waals surface area contributed by atoms with Gasteiger partial charge in [0.05, 0.1) is 6.61 Å². The van der Waals surface area contributed by atoms with E-state index >= 15 is 0 Å². The molecular formula is C30H39NO5. The predicted molar refractivity (Wildman–Crippen MR) is 144 cm³/mol. The summed E-state index contributed by atoms with van der Waals surface area (Å²) in [4.78, 5) is 25.1. The molecule has 1 atom stereocenters. The summed E-state index contributed by atoms with van der Waals surface area (Å²) in [5.41, 5.74) is 3.46. The van der Waals surface area contributed by atoms with Crippen LogP contribution in [0.2, 0.25) is 0 Å². The minimum atomic E-state index is -0.389. The quantitative estimate of drug-likeness (QED) is 0.208. The lowest BCUT2D eigenvalue weighted by Crippen LogP contribution is -2.20. The first-order valence-corrected chi connectivity index (χ1v) is 12.9. The Balaban J connectivity index is 1.84. The van der Waals surface area contributed by atoms with Gasteiger partial charge in [-0.1, -0.05) is 71.2 Å². The molecule has 0 saturated heterocycles. The zero-order valence-electron chi connectivity index (χ0n) is 22.2. The van der Waals surface area contributed by atoms with Gasteiger partial charge in [0.15, 0.2) is 11.5 Å². The van der Waals surface area contributed by atoms with Gasteiger partial charge in [-0.3, -0.25) is 4.79 Å². The van der Waals surface area contributed by atoms with Gasteiger partial charge in [-0.2, -0.15) is 0 Å². The van der Waals surface area contributed by atoms with E-state index in [0.717, 1.165) is 59.6 Å². The third-order valence-corrected chi connectivity index (χ3v) is 6.28. The maximum Gasteiger partial charge on any atom is 0.330 e. The topological polar surface area (TPSA) is 73.9 Å². The van der Waals surface area contributed by atoms with Crippen LogP contribution in [0.15, 0.2) is 42.5 Å². The maximum absolute atomic E-state index is 13.4. The highest BCUT2D eigenvalue weighted by Gasteiger charge is 2.26. The van der Waals surface area contributed by atoms with Gasteiger partial charge in [0.2, 0.25) is 12.7 Å². The van der Waals surface area contributed by atoms with Crippen molar-refractivity contribution in [1.82, 2.24) is 0 Å². The monoisotopic (exact) mass is 493 g/mol. The number of para-hydroxylation sites is 1. The lowest BCUT2D eigenvalue weighted by molar-refractivity contribution is -0.137. The Morgan fingerprint density at radius 1 is 1.11 bits per heavy atom.